The van der Waals surface area contributed by atoms with Crippen LogP contribution in [0.1, 0.15) is 27.0 Å². The zero-order chi connectivity index (χ0) is 20.8. The molecule has 0 aliphatic rings. The summed E-state index contributed by atoms with van der Waals surface area (Å²) in [6.45, 7) is 6.27. The van der Waals surface area contributed by atoms with E-state index in [0.717, 1.165) is 16.8 Å². The van der Waals surface area contributed by atoms with Crippen molar-refractivity contribution in [3.05, 3.63) is 89.0 Å². The number of carbonyl (C=O) groups is 2. The number of hydrogen-bond donors (Lipinski definition) is 3. The van der Waals surface area contributed by atoms with Crippen molar-refractivity contribution in [1.29, 1.82) is 0 Å². The molecule has 3 aromatic carbocycles. The highest BCUT2D eigenvalue weighted by Crippen LogP contribution is 2.22. The summed E-state index contributed by atoms with van der Waals surface area (Å²) in [7, 11) is 0. The zero-order valence-electron chi connectivity index (χ0n) is 16.9. The molecule has 2 amide bonds. The van der Waals surface area contributed by atoms with E-state index < -0.39 is 0 Å². The van der Waals surface area contributed by atoms with E-state index in [1.54, 1.807) is 36.4 Å². The van der Waals surface area contributed by atoms with Gasteiger partial charge in [-0.3, -0.25) is 9.59 Å². The molecule has 0 spiro atoms. The standard InChI is InChI=1S/C24H25N3O2/c1-16-12-17(2)23(18(3)13-16)25-15-22(28)26-20-10-7-11-21(14-20)27-24(29)19-8-5-4-6-9-19/h4-14,25H,15H2,1-3H3,(H,26,28)(H,27,29). The summed E-state index contributed by atoms with van der Waals surface area (Å²) in [5, 5.41) is 8.92. The maximum atomic E-state index is 12.4. The van der Waals surface area contributed by atoms with Crippen LogP contribution in [-0.4, -0.2) is 18.4 Å². The molecule has 0 atom stereocenters. The summed E-state index contributed by atoms with van der Waals surface area (Å²) >= 11 is 0. The number of carbonyl (C=O) groups excluding carboxylic acids is 2. The Morgan fingerprint density at radius 2 is 1.38 bits per heavy atom. The van der Waals surface area contributed by atoms with E-state index in [9.17, 15) is 9.59 Å². The Hall–Kier alpha value is -3.60. The van der Waals surface area contributed by atoms with Crippen LogP contribution in [0, 0.1) is 20.8 Å². The Morgan fingerprint density at radius 1 is 0.759 bits per heavy atom. The van der Waals surface area contributed by atoms with Gasteiger partial charge in [0.05, 0.1) is 6.54 Å². The average Bonchev–Trinajstić information content (AvgIpc) is 2.68. The van der Waals surface area contributed by atoms with E-state index in [-0.39, 0.29) is 18.4 Å². The molecule has 3 N–H and O–H groups in total. The summed E-state index contributed by atoms with van der Waals surface area (Å²) in [6.07, 6.45) is 0. The molecular formula is C24H25N3O2. The minimum atomic E-state index is -0.193. The molecule has 0 radical (unpaired) electrons. The fourth-order valence-electron chi connectivity index (χ4n) is 3.30. The molecule has 29 heavy (non-hydrogen) atoms. The Bertz CT molecular complexity index is 1010. The lowest BCUT2D eigenvalue weighted by Crippen LogP contribution is -2.22. The molecule has 3 aromatic rings. The Morgan fingerprint density at radius 3 is 2.03 bits per heavy atom. The van der Waals surface area contributed by atoms with Crippen molar-refractivity contribution >= 4 is 28.9 Å². The number of aryl methyl sites for hydroxylation is 3. The van der Waals surface area contributed by atoms with Crippen molar-refractivity contribution < 1.29 is 9.59 Å². The van der Waals surface area contributed by atoms with Crippen LogP contribution in [0.3, 0.4) is 0 Å². The molecule has 0 aromatic heterocycles. The van der Waals surface area contributed by atoms with E-state index in [1.807, 2.05) is 32.0 Å². The van der Waals surface area contributed by atoms with Crippen molar-refractivity contribution in [3.8, 4) is 0 Å². The minimum Gasteiger partial charge on any atom is -0.376 e. The first-order valence-electron chi connectivity index (χ1n) is 9.50. The second-order valence-electron chi connectivity index (χ2n) is 7.08. The topological polar surface area (TPSA) is 70.2 Å². The van der Waals surface area contributed by atoms with Gasteiger partial charge in [0, 0.05) is 22.6 Å². The summed E-state index contributed by atoms with van der Waals surface area (Å²) in [5.74, 6) is -0.350. The normalized spacial score (nSPS) is 10.3. The van der Waals surface area contributed by atoms with Crippen LogP contribution >= 0.6 is 0 Å². The number of amides is 2. The molecule has 5 nitrogen and oxygen atoms in total. The van der Waals surface area contributed by atoms with Gasteiger partial charge in [-0.15, -0.1) is 0 Å². The maximum absolute atomic E-state index is 12.4. The molecule has 0 heterocycles. The smallest absolute Gasteiger partial charge is 0.255 e. The van der Waals surface area contributed by atoms with Crippen molar-refractivity contribution in [3.63, 3.8) is 0 Å². The summed E-state index contributed by atoms with van der Waals surface area (Å²) in [4.78, 5) is 24.7. The summed E-state index contributed by atoms with van der Waals surface area (Å²) in [6, 6.07) is 20.3. The zero-order valence-corrected chi connectivity index (χ0v) is 16.9. The highest BCUT2D eigenvalue weighted by Gasteiger charge is 2.09. The third-order valence-corrected chi connectivity index (χ3v) is 4.54. The van der Waals surface area contributed by atoms with Crippen LogP contribution < -0.4 is 16.0 Å². The molecular weight excluding hydrogens is 362 g/mol. The van der Waals surface area contributed by atoms with Gasteiger partial charge in [-0.25, -0.2) is 0 Å². The van der Waals surface area contributed by atoms with Gasteiger partial charge in [0.15, 0.2) is 0 Å². The number of hydrogen-bond acceptors (Lipinski definition) is 3. The largest absolute Gasteiger partial charge is 0.376 e. The van der Waals surface area contributed by atoms with Crippen molar-refractivity contribution in [1.82, 2.24) is 0 Å². The predicted molar refractivity (Wildman–Crippen MR) is 119 cm³/mol. The van der Waals surface area contributed by atoms with Crippen LogP contribution in [0.2, 0.25) is 0 Å². The number of anilines is 3. The van der Waals surface area contributed by atoms with Gasteiger partial charge in [0.25, 0.3) is 5.91 Å². The van der Waals surface area contributed by atoms with E-state index in [2.05, 4.69) is 35.0 Å². The fraction of sp³-hybridized carbons (Fsp3) is 0.167. The average molecular weight is 387 g/mol. The van der Waals surface area contributed by atoms with E-state index in [0.29, 0.717) is 16.9 Å². The van der Waals surface area contributed by atoms with Gasteiger partial charge in [-0.05, 0) is 62.2 Å². The second-order valence-corrected chi connectivity index (χ2v) is 7.08. The number of benzene rings is 3. The van der Waals surface area contributed by atoms with Crippen LogP contribution in [0.25, 0.3) is 0 Å². The fourth-order valence-corrected chi connectivity index (χ4v) is 3.30. The SMILES string of the molecule is Cc1cc(C)c(NCC(=O)Nc2cccc(NC(=O)c3ccccc3)c2)c(C)c1. The Balaban J connectivity index is 1.60. The molecule has 0 aliphatic carbocycles. The molecule has 0 saturated carbocycles. The Kier molecular flexibility index (Phi) is 6.29. The second kappa shape index (κ2) is 9.06. The van der Waals surface area contributed by atoms with Gasteiger partial charge in [-0.2, -0.15) is 0 Å². The highest BCUT2D eigenvalue weighted by atomic mass is 16.2. The van der Waals surface area contributed by atoms with E-state index in [1.165, 1.54) is 5.56 Å². The molecule has 0 saturated heterocycles. The lowest BCUT2D eigenvalue weighted by atomic mass is 10.1. The third-order valence-electron chi connectivity index (χ3n) is 4.54. The summed E-state index contributed by atoms with van der Waals surface area (Å²) in [5.41, 5.74) is 6.23. The lowest BCUT2D eigenvalue weighted by Gasteiger charge is -2.14. The quantitative estimate of drug-likeness (QED) is 0.562. The van der Waals surface area contributed by atoms with Crippen molar-refractivity contribution in [2.45, 2.75) is 20.8 Å². The minimum absolute atomic E-state index is 0.157. The first-order chi connectivity index (χ1) is 13.9. The third kappa shape index (κ3) is 5.45. The van der Waals surface area contributed by atoms with Gasteiger partial charge in [-0.1, -0.05) is 42.0 Å². The number of rotatable bonds is 6. The van der Waals surface area contributed by atoms with Crippen LogP contribution in [0.5, 0.6) is 0 Å². The van der Waals surface area contributed by atoms with Crippen LogP contribution in [-0.2, 0) is 4.79 Å². The van der Waals surface area contributed by atoms with Gasteiger partial charge in [0.1, 0.15) is 0 Å². The van der Waals surface area contributed by atoms with Gasteiger partial charge in [0.2, 0.25) is 5.91 Å². The molecule has 0 unspecified atom stereocenters. The first kappa shape index (κ1) is 20.1. The lowest BCUT2D eigenvalue weighted by molar-refractivity contribution is -0.114. The van der Waals surface area contributed by atoms with Crippen LogP contribution in [0.4, 0.5) is 17.1 Å². The highest BCUT2D eigenvalue weighted by molar-refractivity contribution is 6.04. The molecule has 0 fully saturated rings. The maximum Gasteiger partial charge on any atom is 0.255 e. The molecule has 5 heteroatoms. The van der Waals surface area contributed by atoms with Gasteiger partial charge >= 0.3 is 0 Å². The van der Waals surface area contributed by atoms with Crippen molar-refractivity contribution in [2.24, 2.45) is 0 Å². The Labute approximate surface area is 171 Å². The first-order valence-corrected chi connectivity index (χ1v) is 9.50. The number of nitrogens with one attached hydrogen (secondary N) is 3. The predicted octanol–water partition coefficient (Wildman–Crippen LogP) is 4.91. The monoisotopic (exact) mass is 387 g/mol. The molecule has 0 aliphatic heterocycles. The molecule has 148 valence electrons. The van der Waals surface area contributed by atoms with Crippen molar-refractivity contribution in [2.75, 3.05) is 22.5 Å². The summed E-state index contributed by atoms with van der Waals surface area (Å²) < 4.78 is 0. The van der Waals surface area contributed by atoms with Crippen LogP contribution in [0.15, 0.2) is 66.7 Å². The molecule has 0 bridgehead atoms. The van der Waals surface area contributed by atoms with E-state index in [4.69, 9.17) is 0 Å². The molecule has 3 rings (SSSR count). The van der Waals surface area contributed by atoms with E-state index >= 15 is 0 Å². The van der Waals surface area contributed by atoms with Gasteiger partial charge < -0.3 is 16.0 Å².